The van der Waals surface area contributed by atoms with Gasteiger partial charge in [-0.1, -0.05) is 42.5 Å². The fourth-order valence-corrected chi connectivity index (χ4v) is 4.03. The molecule has 29 heavy (non-hydrogen) atoms. The van der Waals surface area contributed by atoms with E-state index in [1.54, 1.807) is 24.3 Å². The fourth-order valence-electron chi connectivity index (χ4n) is 2.94. The van der Waals surface area contributed by atoms with Crippen molar-refractivity contribution in [1.82, 2.24) is 0 Å². The molecule has 3 rings (SSSR count). The third kappa shape index (κ3) is 4.58. The molecule has 0 spiro atoms. The van der Waals surface area contributed by atoms with Crippen LogP contribution in [0.2, 0.25) is 0 Å². The van der Waals surface area contributed by atoms with Crippen molar-refractivity contribution >= 4 is 30.4 Å². The lowest BCUT2D eigenvalue weighted by molar-refractivity contribution is 0.00578. The molecule has 0 aliphatic carbocycles. The Hall–Kier alpha value is -2.09. The minimum Gasteiger partial charge on any atom is -0.478 e. The van der Waals surface area contributed by atoms with Crippen molar-refractivity contribution < 1.29 is 23.6 Å². The van der Waals surface area contributed by atoms with Crippen molar-refractivity contribution in [2.24, 2.45) is 0 Å². The van der Waals surface area contributed by atoms with E-state index >= 15 is 4.39 Å². The molecule has 1 saturated heterocycles. The number of benzene rings is 2. The van der Waals surface area contributed by atoms with Gasteiger partial charge in [0.1, 0.15) is 5.73 Å². The maximum absolute atomic E-state index is 15.6. The maximum Gasteiger partial charge on any atom is 0.525 e. The van der Waals surface area contributed by atoms with Crippen LogP contribution >= 0.6 is 11.8 Å². The van der Waals surface area contributed by atoms with Gasteiger partial charge in [0.15, 0.2) is 0 Å². The smallest absolute Gasteiger partial charge is 0.478 e. The Labute approximate surface area is 175 Å². The molecule has 0 bridgehead atoms. The SMILES string of the molecule is CC1(C)OB(C(F)=C(CSc2ccccc2C(=O)O)c2ccccc2)OC1(C)C. The summed E-state index contributed by atoms with van der Waals surface area (Å²) in [5.41, 5.74) is -0.467. The monoisotopic (exact) mass is 414 g/mol. The van der Waals surface area contributed by atoms with Gasteiger partial charge < -0.3 is 14.4 Å². The first kappa shape index (κ1) is 21.6. The summed E-state index contributed by atoms with van der Waals surface area (Å²) in [7, 11) is -1.11. The molecule has 1 N–H and O–H groups in total. The summed E-state index contributed by atoms with van der Waals surface area (Å²) in [5, 5.41) is 9.41. The number of carboxylic acid groups (broad SMARTS) is 1. The molecule has 1 heterocycles. The Bertz CT molecular complexity index is 911. The molecule has 2 aromatic carbocycles. The Balaban J connectivity index is 1.95. The van der Waals surface area contributed by atoms with E-state index in [4.69, 9.17) is 9.31 Å². The van der Waals surface area contributed by atoms with Crippen LogP contribution in [0.4, 0.5) is 4.39 Å². The average molecular weight is 414 g/mol. The first-order chi connectivity index (χ1) is 13.6. The summed E-state index contributed by atoms with van der Waals surface area (Å²) in [6, 6.07) is 15.9. The highest BCUT2D eigenvalue weighted by Gasteiger charge is 2.53. The van der Waals surface area contributed by atoms with Crippen molar-refractivity contribution in [2.45, 2.75) is 43.8 Å². The zero-order valence-corrected chi connectivity index (χ0v) is 17.8. The molecule has 7 heteroatoms. The van der Waals surface area contributed by atoms with Crippen molar-refractivity contribution in [2.75, 3.05) is 5.75 Å². The molecular formula is C22H24BFO4S. The molecule has 0 amide bonds. The zero-order chi connectivity index (χ0) is 21.2. The summed E-state index contributed by atoms with van der Waals surface area (Å²) < 4.78 is 27.4. The molecule has 1 aliphatic rings. The van der Waals surface area contributed by atoms with Crippen molar-refractivity contribution in [3.05, 3.63) is 71.5 Å². The van der Waals surface area contributed by atoms with Crippen LogP contribution in [0, 0.1) is 0 Å². The lowest BCUT2D eigenvalue weighted by Gasteiger charge is -2.32. The summed E-state index contributed by atoms with van der Waals surface area (Å²) >= 11 is 1.28. The first-order valence-corrected chi connectivity index (χ1v) is 10.4. The molecule has 152 valence electrons. The Kier molecular flexibility index (Phi) is 6.22. The Morgan fingerprint density at radius 1 is 1.00 bits per heavy atom. The summed E-state index contributed by atoms with van der Waals surface area (Å²) in [6.45, 7) is 7.50. The number of aromatic carboxylic acids is 1. The van der Waals surface area contributed by atoms with E-state index < -0.39 is 30.0 Å². The summed E-state index contributed by atoms with van der Waals surface area (Å²) in [5.74, 6) is -0.769. The molecule has 0 radical (unpaired) electrons. The number of hydrogen-bond donors (Lipinski definition) is 1. The van der Waals surface area contributed by atoms with Crippen LogP contribution in [0.3, 0.4) is 0 Å². The highest BCUT2D eigenvalue weighted by Crippen LogP contribution is 2.41. The van der Waals surface area contributed by atoms with Gasteiger partial charge in [0.25, 0.3) is 0 Å². The molecule has 0 unspecified atom stereocenters. The largest absolute Gasteiger partial charge is 0.525 e. The molecule has 1 fully saturated rings. The van der Waals surface area contributed by atoms with Crippen molar-refractivity contribution in [3.8, 4) is 0 Å². The minimum absolute atomic E-state index is 0.195. The Morgan fingerprint density at radius 3 is 2.14 bits per heavy atom. The lowest BCUT2D eigenvalue weighted by Crippen LogP contribution is -2.41. The van der Waals surface area contributed by atoms with E-state index in [2.05, 4.69) is 0 Å². The first-order valence-electron chi connectivity index (χ1n) is 9.37. The lowest BCUT2D eigenvalue weighted by atomic mass is 9.83. The second-order valence-corrected chi connectivity index (χ2v) is 8.89. The van der Waals surface area contributed by atoms with Crippen LogP contribution in [0.5, 0.6) is 0 Å². The van der Waals surface area contributed by atoms with Crippen molar-refractivity contribution in [1.29, 1.82) is 0 Å². The molecule has 0 atom stereocenters. The van der Waals surface area contributed by atoms with Crippen molar-refractivity contribution in [3.63, 3.8) is 0 Å². The second kappa shape index (κ2) is 8.34. The van der Waals surface area contributed by atoms with Crippen LogP contribution in [-0.4, -0.2) is 35.1 Å². The number of carboxylic acids is 1. The summed E-state index contributed by atoms with van der Waals surface area (Å²) in [4.78, 5) is 12.1. The quantitative estimate of drug-likeness (QED) is 0.501. The highest BCUT2D eigenvalue weighted by atomic mass is 32.2. The van der Waals surface area contributed by atoms with Crippen LogP contribution in [0.1, 0.15) is 43.6 Å². The molecular weight excluding hydrogens is 390 g/mol. The van der Waals surface area contributed by atoms with Gasteiger partial charge in [-0.3, -0.25) is 0 Å². The highest BCUT2D eigenvalue weighted by molar-refractivity contribution is 7.99. The average Bonchev–Trinajstić information content (AvgIpc) is 2.90. The number of rotatable bonds is 6. The van der Waals surface area contributed by atoms with Crippen LogP contribution < -0.4 is 0 Å². The third-order valence-electron chi connectivity index (χ3n) is 5.36. The fraction of sp³-hybridized carbons (Fsp3) is 0.318. The van der Waals surface area contributed by atoms with Gasteiger partial charge in [-0.25, -0.2) is 9.18 Å². The van der Waals surface area contributed by atoms with Gasteiger partial charge in [-0.05, 0) is 51.0 Å². The van der Waals surface area contributed by atoms with Crippen LogP contribution in [0.15, 0.2) is 65.2 Å². The molecule has 2 aromatic rings. The number of hydrogen-bond acceptors (Lipinski definition) is 4. The van der Waals surface area contributed by atoms with Gasteiger partial charge in [0.2, 0.25) is 0 Å². The number of halogens is 1. The van der Waals surface area contributed by atoms with E-state index in [1.165, 1.54) is 11.8 Å². The predicted molar refractivity (Wildman–Crippen MR) is 115 cm³/mol. The Morgan fingerprint density at radius 2 is 1.55 bits per heavy atom. The van der Waals surface area contributed by atoms with Gasteiger partial charge in [0, 0.05) is 10.6 Å². The van der Waals surface area contributed by atoms with Gasteiger partial charge in [-0.15, -0.1) is 11.8 Å². The van der Waals surface area contributed by atoms with Crippen LogP contribution in [-0.2, 0) is 9.31 Å². The molecule has 0 saturated carbocycles. The normalized spacial score (nSPS) is 18.4. The summed E-state index contributed by atoms with van der Waals surface area (Å²) in [6.07, 6.45) is 0. The number of thioether (sulfide) groups is 1. The molecule has 1 aliphatic heterocycles. The third-order valence-corrected chi connectivity index (χ3v) is 6.46. The van der Waals surface area contributed by atoms with Gasteiger partial charge in [0.05, 0.1) is 16.8 Å². The zero-order valence-electron chi connectivity index (χ0n) is 16.9. The topological polar surface area (TPSA) is 55.8 Å². The van der Waals surface area contributed by atoms with Gasteiger partial charge in [-0.2, -0.15) is 0 Å². The van der Waals surface area contributed by atoms with E-state index in [0.717, 1.165) is 0 Å². The van der Waals surface area contributed by atoms with Gasteiger partial charge >= 0.3 is 13.1 Å². The second-order valence-electron chi connectivity index (χ2n) is 7.87. The minimum atomic E-state index is -1.11. The molecule has 4 nitrogen and oxygen atoms in total. The standard InChI is InChI=1S/C22H24BFO4S/c1-21(2)22(3,4)28-23(27-21)19(24)17(15-10-6-5-7-11-15)14-29-18-13-9-8-12-16(18)20(25)26/h5-13H,14H2,1-4H3,(H,25,26). The predicted octanol–water partition coefficient (Wildman–Crippen LogP) is 5.49. The van der Waals surface area contributed by atoms with Crippen LogP contribution in [0.25, 0.3) is 5.57 Å². The van der Waals surface area contributed by atoms with E-state index in [9.17, 15) is 9.90 Å². The molecule has 0 aromatic heterocycles. The maximum atomic E-state index is 15.6. The van der Waals surface area contributed by atoms with E-state index in [1.807, 2.05) is 58.0 Å². The van der Waals surface area contributed by atoms with E-state index in [-0.39, 0.29) is 11.3 Å². The van der Waals surface area contributed by atoms with E-state index in [0.29, 0.717) is 16.0 Å². The number of carbonyl (C=O) groups is 1.